The molecule has 0 fully saturated rings. The Morgan fingerprint density at radius 2 is 1.55 bits per heavy atom. The number of rotatable bonds is 3. The number of benzene rings is 4. The third-order valence-corrected chi connectivity index (χ3v) is 8.11. The molecule has 3 heterocycles. The summed E-state index contributed by atoms with van der Waals surface area (Å²) in [4.78, 5) is 11.2. The van der Waals surface area contributed by atoms with Crippen molar-refractivity contribution in [2.24, 2.45) is 0 Å². The Hall–Kier alpha value is -5.52. The number of nitro benzene ring substituents is 1. The van der Waals surface area contributed by atoms with Crippen LogP contribution in [-0.4, -0.2) is 35.6 Å². The van der Waals surface area contributed by atoms with Crippen LogP contribution in [0.5, 0.6) is 51.7 Å². The third-order valence-electron chi connectivity index (χ3n) is 8.11. The fraction of sp³-hybridized carbons (Fsp3) is 0.200. The molecular formula is C30H23NO11. The van der Waals surface area contributed by atoms with Crippen LogP contribution >= 0.6 is 0 Å². The Morgan fingerprint density at radius 3 is 2.26 bits per heavy atom. The summed E-state index contributed by atoms with van der Waals surface area (Å²) in [5, 5.41) is 73.1. The van der Waals surface area contributed by atoms with E-state index >= 15 is 0 Å². The van der Waals surface area contributed by atoms with Crippen LogP contribution in [-0.2, 0) is 12.2 Å². The standard InChI is InChI=1S/C30H23NO11/c32-19-4-1-13(7-21(19)34)24-6-3-16-20(33)11-26-27(29(16)40-24)18-12-30(42-26,14-8-22(35)28(37)23(36)9-14)41-25-5-2-15(31(38)39)10-17(18)25/h1-2,4-5,7-11,18,24,32-37H,3,6,12H2/t18-,24-,30-/m1/s1. The summed E-state index contributed by atoms with van der Waals surface area (Å²) in [5.74, 6) is -4.20. The van der Waals surface area contributed by atoms with E-state index in [0.717, 1.165) is 0 Å². The van der Waals surface area contributed by atoms with E-state index in [1.54, 1.807) is 6.07 Å². The highest BCUT2D eigenvalue weighted by atomic mass is 16.7. The molecule has 0 aromatic heterocycles. The molecule has 0 spiro atoms. The van der Waals surface area contributed by atoms with E-state index in [2.05, 4.69) is 0 Å². The highest BCUT2D eigenvalue weighted by molar-refractivity contribution is 5.66. The molecule has 0 aliphatic carbocycles. The molecule has 42 heavy (non-hydrogen) atoms. The number of hydrogen-bond donors (Lipinski definition) is 6. The van der Waals surface area contributed by atoms with E-state index < -0.39 is 40.0 Å². The first kappa shape index (κ1) is 25.4. The zero-order chi connectivity index (χ0) is 29.5. The molecule has 4 aromatic rings. The van der Waals surface area contributed by atoms with E-state index in [4.69, 9.17) is 14.2 Å². The van der Waals surface area contributed by atoms with Crippen LogP contribution in [0.15, 0.2) is 54.6 Å². The first-order chi connectivity index (χ1) is 20.0. The molecule has 214 valence electrons. The van der Waals surface area contributed by atoms with Gasteiger partial charge in [-0.1, -0.05) is 6.07 Å². The molecule has 3 aliphatic rings. The largest absolute Gasteiger partial charge is 0.507 e. The van der Waals surface area contributed by atoms with Gasteiger partial charge in [0, 0.05) is 52.8 Å². The normalized spacial score (nSPS) is 21.5. The van der Waals surface area contributed by atoms with Crippen molar-refractivity contribution >= 4 is 5.69 Å². The number of fused-ring (bicyclic) bond motifs is 8. The van der Waals surface area contributed by atoms with Gasteiger partial charge in [0.15, 0.2) is 28.7 Å². The molecule has 0 radical (unpaired) electrons. The van der Waals surface area contributed by atoms with Crippen LogP contribution in [0.25, 0.3) is 0 Å². The molecule has 0 unspecified atom stereocenters. The van der Waals surface area contributed by atoms with E-state index in [-0.39, 0.29) is 46.4 Å². The van der Waals surface area contributed by atoms with Gasteiger partial charge in [-0.25, -0.2) is 0 Å². The summed E-state index contributed by atoms with van der Waals surface area (Å²) in [5.41, 5.74) is 2.09. The van der Waals surface area contributed by atoms with Gasteiger partial charge >= 0.3 is 0 Å². The zero-order valence-corrected chi connectivity index (χ0v) is 21.6. The quantitative estimate of drug-likeness (QED) is 0.109. The Labute approximate surface area is 237 Å². The van der Waals surface area contributed by atoms with Crippen molar-refractivity contribution in [1.29, 1.82) is 0 Å². The van der Waals surface area contributed by atoms with Gasteiger partial charge in [0.1, 0.15) is 29.1 Å². The molecule has 3 aliphatic heterocycles. The van der Waals surface area contributed by atoms with Crippen molar-refractivity contribution in [3.8, 4) is 51.7 Å². The predicted molar refractivity (Wildman–Crippen MR) is 143 cm³/mol. The van der Waals surface area contributed by atoms with Crippen LogP contribution < -0.4 is 14.2 Å². The van der Waals surface area contributed by atoms with Crippen molar-refractivity contribution < 1.29 is 49.8 Å². The lowest BCUT2D eigenvalue weighted by Crippen LogP contribution is -2.47. The van der Waals surface area contributed by atoms with Gasteiger partial charge in [-0.05, 0) is 48.7 Å². The molecule has 3 atom stereocenters. The van der Waals surface area contributed by atoms with Gasteiger partial charge in [-0.15, -0.1) is 0 Å². The van der Waals surface area contributed by atoms with Crippen molar-refractivity contribution in [2.45, 2.75) is 37.1 Å². The molecule has 7 rings (SSSR count). The summed E-state index contributed by atoms with van der Waals surface area (Å²) >= 11 is 0. The smallest absolute Gasteiger partial charge is 0.279 e. The summed E-state index contributed by atoms with van der Waals surface area (Å²) in [6.45, 7) is 0. The van der Waals surface area contributed by atoms with E-state index in [0.29, 0.717) is 40.8 Å². The van der Waals surface area contributed by atoms with Gasteiger partial charge < -0.3 is 44.8 Å². The van der Waals surface area contributed by atoms with Crippen molar-refractivity contribution in [1.82, 2.24) is 0 Å². The number of nitrogens with zero attached hydrogens (tertiary/aromatic N) is 1. The number of hydrogen-bond acceptors (Lipinski definition) is 11. The maximum Gasteiger partial charge on any atom is 0.279 e. The minimum atomic E-state index is -1.67. The lowest BCUT2D eigenvalue weighted by molar-refractivity contribution is -0.385. The molecule has 0 saturated heterocycles. The fourth-order valence-corrected chi connectivity index (χ4v) is 6.09. The van der Waals surface area contributed by atoms with E-state index in [1.165, 1.54) is 48.5 Å². The number of non-ortho nitro benzene ring substituents is 1. The SMILES string of the molecule is O=[N+]([O-])c1ccc2c(c1)[C@H]1C[C@@](c3cc(O)c(O)c(O)c3)(O2)Oc2cc(O)c3c(c21)O[C@@H](c1ccc(O)c(O)c1)CC3. The number of aromatic hydroxyl groups is 6. The Morgan fingerprint density at radius 1 is 0.810 bits per heavy atom. The lowest BCUT2D eigenvalue weighted by atomic mass is 9.76. The van der Waals surface area contributed by atoms with Gasteiger partial charge in [-0.3, -0.25) is 10.1 Å². The van der Waals surface area contributed by atoms with Crippen LogP contribution in [0, 0.1) is 10.1 Å². The van der Waals surface area contributed by atoms with Gasteiger partial charge in [0.05, 0.1) is 4.92 Å². The number of nitro groups is 1. The Balaban J connectivity index is 1.43. The molecule has 2 bridgehead atoms. The van der Waals surface area contributed by atoms with Crippen LogP contribution in [0.3, 0.4) is 0 Å². The fourth-order valence-electron chi connectivity index (χ4n) is 6.09. The Bertz CT molecular complexity index is 1800. The maximum atomic E-state index is 11.7. The van der Waals surface area contributed by atoms with Crippen molar-refractivity contribution in [3.05, 3.63) is 92.5 Å². The topological polar surface area (TPSA) is 192 Å². The Kier molecular flexibility index (Phi) is 5.29. The first-order valence-electron chi connectivity index (χ1n) is 13.0. The highest BCUT2D eigenvalue weighted by Crippen LogP contribution is 2.61. The molecule has 0 amide bonds. The van der Waals surface area contributed by atoms with Crippen LogP contribution in [0.1, 0.15) is 52.7 Å². The summed E-state index contributed by atoms with van der Waals surface area (Å²) in [7, 11) is 0. The van der Waals surface area contributed by atoms with Crippen LogP contribution in [0.4, 0.5) is 5.69 Å². The highest BCUT2D eigenvalue weighted by Gasteiger charge is 2.52. The summed E-state index contributed by atoms with van der Waals surface area (Å²) in [6.07, 6.45) is 0.327. The molecule has 12 heteroatoms. The average molecular weight is 574 g/mol. The number of phenolic OH excluding ortho intramolecular Hbond substituents is 6. The average Bonchev–Trinajstić information content (AvgIpc) is 2.96. The molecular weight excluding hydrogens is 550 g/mol. The molecule has 12 nitrogen and oxygen atoms in total. The van der Waals surface area contributed by atoms with E-state index in [1.807, 2.05) is 0 Å². The van der Waals surface area contributed by atoms with E-state index in [9.17, 15) is 40.8 Å². The molecule has 0 saturated carbocycles. The molecule has 4 aromatic carbocycles. The second kappa shape index (κ2) is 8.74. The second-order valence-electron chi connectivity index (χ2n) is 10.6. The lowest BCUT2D eigenvalue weighted by Gasteiger charge is -2.47. The van der Waals surface area contributed by atoms with Gasteiger partial charge in [0.2, 0.25) is 0 Å². The van der Waals surface area contributed by atoms with Crippen molar-refractivity contribution in [2.75, 3.05) is 0 Å². The summed E-state index contributed by atoms with van der Waals surface area (Å²) in [6, 6.07) is 12.3. The minimum Gasteiger partial charge on any atom is -0.507 e. The monoisotopic (exact) mass is 573 g/mol. The third kappa shape index (κ3) is 3.68. The van der Waals surface area contributed by atoms with Crippen LogP contribution in [0.2, 0.25) is 0 Å². The number of ether oxygens (including phenoxy) is 3. The number of phenols is 6. The first-order valence-corrected chi connectivity index (χ1v) is 13.0. The predicted octanol–water partition coefficient (Wildman–Crippen LogP) is 5.05. The van der Waals surface area contributed by atoms with Crippen molar-refractivity contribution in [3.63, 3.8) is 0 Å². The summed E-state index contributed by atoms with van der Waals surface area (Å²) < 4.78 is 19.2. The van der Waals surface area contributed by atoms with Gasteiger partial charge in [0.25, 0.3) is 11.5 Å². The zero-order valence-electron chi connectivity index (χ0n) is 21.6. The minimum absolute atomic E-state index is 0.0308. The van der Waals surface area contributed by atoms with Gasteiger partial charge in [-0.2, -0.15) is 0 Å². The second-order valence-corrected chi connectivity index (χ2v) is 10.6. The molecule has 6 N–H and O–H groups in total. The maximum absolute atomic E-state index is 11.7.